The Hall–Kier alpha value is -2.41. The zero-order valence-corrected chi connectivity index (χ0v) is 11.5. The van der Waals surface area contributed by atoms with Gasteiger partial charge in [0.25, 0.3) is 0 Å². The summed E-state index contributed by atoms with van der Waals surface area (Å²) in [5.41, 5.74) is 1.97. The Labute approximate surface area is 121 Å². The maximum Gasteiger partial charge on any atom is 0.417 e. The first-order chi connectivity index (χ1) is 10.2. The van der Waals surface area contributed by atoms with Gasteiger partial charge in [0, 0.05) is 25.2 Å². The number of hydrogen-bond acceptors (Lipinski definition) is 6. The van der Waals surface area contributed by atoms with Gasteiger partial charge in [0.05, 0.1) is 13.0 Å². The average molecular weight is 289 g/mol. The van der Waals surface area contributed by atoms with Gasteiger partial charge in [0.15, 0.2) is 0 Å². The minimum absolute atomic E-state index is 0.134. The SMILES string of the molecule is COc1nc(-c2ccc(CN3CC(C(=O)O)C3)cc2)no1. The molecule has 3 rings (SSSR count). The minimum atomic E-state index is -0.715. The maximum atomic E-state index is 10.7. The number of nitrogens with zero attached hydrogens (tertiary/aromatic N) is 3. The standard InChI is InChI=1S/C14H15N3O4/c1-20-14-15-12(16-21-14)10-4-2-9(3-5-10)6-17-7-11(8-17)13(18)19/h2-5,11H,6-8H2,1H3,(H,18,19). The van der Waals surface area contributed by atoms with Crippen molar-refractivity contribution in [2.24, 2.45) is 5.92 Å². The Morgan fingerprint density at radius 3 is 2.71 bits per heavy atom. The van der Waals surface area contributed by atoms with Gasteiger partial charge in [0.1, 0.15) is 0 Å². The second kappa shape index (κ2) is 5.53. The Morgan fingerprint density at radius 2 is 2.14 bits per heavy atom. The molecular weight excluding hydrogens is 274 g/mol. The molecule has 0 aliphatic carbocycles. The molecule has 0 atom stereocenters. The number of carbonyl (C=O) groups is 1. The van der Waals surface area contributed by atoms with E-state index in [1.807, 2.05) is 24.3 Å². The quantitative estimate of drug-likeness (QED) is 0.886. The average Bonchev–Trinajstić information content (AvgIpc) is 2.91. The molecule has 21 heavy (non-hydrogen) atoms. The van der Waals surface area contributed by atoms with Gasteiger partial charge in [-0.1, -0.05) is 29.4 Å². The summed E-state index contributed by atoms with van der Waals surface area (Å²) in [6, 6.07) is 7.78. The second-order valence-electron chi connectivity index (χ2n) is 5.01. The van der Waals surface area contributed by atoms with Gasteiger partial charge in [-0.2, -0.15) is 4.98 Å². The van der Waals surface area contributed by atoms with E-state index < -0.39 is 5.97 Å². The predicted octanol–water partition coefficient (Wildman–Crippen LogP) is 1.26. The van der Waals surface area contributed by atoms with Gasteiger partial charge in [0.2, 0.25) is 5.82 Å². The highest BCUT2D eigenvalue weighted by Crippen LogP contribution is 2.22. The molecular formula is C14H15N3O4. The Kier molecular flexibility index (Phi) is 3.57. The lowest BCUT2D eigenvalue weighted by Crippen LogP contribution is -2.49. The van der Waals surface area contributed by atoms with Crippen molar-refractivity contribution in [1.29, 1.82) is 0 Å². The molecule has 1 aliphatic heterocycles. The van der Waals surface area contributed by atoms with E-state index in [0.717, 1.165) is 17.7 Å². The van der Waals surface area contributed by atoms with Crippen LogP contribution in [0, 0.1) is 5.92 Å². The molecule has 1 fully saturated rings. The van der Waals surface area contributed by atoms with Crippen LogP contribution >= 0.6 is 0 Å². The molecule has 2 aromatic rings. The van der Waals surface area contributed by atoms with E-state index in [-0.39, 0.29) is 12.0 Å². The normalized spacial score (nSPS) is 15.7. The Bertz CT molecular complexity index is 632. The summed E-state index contributed by atoms with van der Waals surface area (Å²) in [7, 11) is 1.47. The van der Waals surface area contributed by atoms with Gasteiger partial charge in [-0.05, 0) is 5.56 Å². The first kappa shape index (κ1) is 13.6. The molecule has 2 heterocycles. The van der Waals surface area contributed by atoms with E-state index in [4.69, 9.17) is 14.4 Å². The Morgan fingerprint density at radius 1 is 1.43 bits per heavy atom. The van der Waals surface area contributed by atoms with Crippen LogP contribution in [-0.4, -0.2) is 46.3 Å². The molecule has 0 bridgehead atoms. The fraction of sp³-hybridized carbons (Fsp3) is 0.357. The highest BCUT2D eigenvalue weighted by atomic mass is 16.6. The van der Waals surface area contributed by atoms with Crippen LogP contribution in [0.15, 0.2) is 28.8 Å². The van der Waals surface area contributed by atoms with E-state index >= 15 is 0 Å². The summed E-state index contributed by atoms with van der Waals surface area (Å²) in [5, 5.41) is 12.7. The Balaban J connectivity index is 1.61. The van der Waals surface area contributed by atoms with E-state index in [9.17, 15) is 4.79 Å². The zero-order chi connectivity index (χ0) is 14.8. The molecule has 1 aliphatic rings. The van der Waals surface area contributed by atoms with Crippen LogP contribution in [0.25, 0.3) is 11.4 Å². The van der Waals surface area contributed by atoms with Crippen LogP contribution in [0.1, 0.15) is 5.56 Å². The third kappa shape index (κ3) is 2.87. The number of ether oxygens (including phenoxy) is 1. The number of aliphatic carboxylic acids is 1. The van der Waals surface area contributed by atoms with Crippen molar-refractivity contribution in [3.63, 3.8) is 0 Å². The molecule has 0 radical (unpaired) electrons. The number of benzene rings is 1. The van der Waals surface area contributed by atoms with Gasteiger partial charge in [-0.3, -0.25) is 14.2 Å². The van der Waals surface area contributed by atoms with Crippen LogP contribution in [0.2, 0.25) is 0 Å². The fourth-order valence-electron chi connectivity index (χ4n) is 2.28. The summed E-state index contributed by atoms with van der Waals surface area (Å²) in [6.45, 7) is 1.97. The third-order valence-corrected chi connectivity index (χ3v) is 3.51. The first-order valence-corrected chi connectivity index (χ1v) is 6.58. The molecule has 7 heteroatoms. The third-order valence-electron chi connectivity index (χ3n) is 3.51. The van der Waals surface area contributed by atoms with Crippen molar-refractivity contribution in [2.75, 3.05) is 20.2 Å². The van der Waals surface area contributed by atoms with Crippen molar-refractivity contribution < 1.29 is 19.2 Å². The van der Waals surface area contributed by atoms with Gasteiger partial charge in [-0.25, -0.2) is 0 Å². The van der Waals surface area contributed by atoms with E-state index in [2.05, 4.69) is 15.0 Å². The largest absolute Gasteiger partial charge is 0.481 e. The van der Waals surface area contributed by atoms with E-state index in [1.165, 1.54) is 7.11 Å². The van der Waals surface area contributed by atoms with E-state index in [1.54, 1.807) is 0 Å². The molecule has 1 aromatic carbocycles. The lowest BCUT2D eigenvalue weighted by molar-refractivity contribution is -0.147. The molecule has 0 spiro atoms. The smallest absolute Gasteiger partial charge is 0.417 e. The minimum Gasteiger partial charge on any atom is -0.481 e. The van der Waals surface area contributed by atoms with Gasteiger partial charge in [-0.15, -0.1) is 0 Å². The maximum absolute atomic E-state index is 10.7. The number of carboxylic acids is 1. The summed E-state index contributed by atoms with van der Waals surface area (Å²) < 4.78 is 9.73. The molecule has 1 N–H and O–H groups in total. The summed E-state index contributed by atoms with van der Waals surface area (Å²) in [6.07, 6.45) is 0.134. The van der Waals surface area contributed by atoms with Crippen molar-refractivity contribution in [2.45, 2.75) is 6.54 Å². The number of likely N-dealkylation sites (tertiary alicyclic amines) is 1. The van der Waals surface area contributed by atoms with Crippen molar-refractivity contribution >= 4 is 5.97 Å². The van der Waals surface area contributed by atoms with Crippen LogP contribution < -0.4 is 4.74 Å². The molecule has 1 aromatic heterocycles. The molecule has 0 unspecified atom stereocenters. The van der Waals surface area contributed by atoms with Gasteiger partial charge < -0.3 is 9.84 Å². The van der Waals surface area contributed by atoms with Gasteiger partial charge >= 0.3 is 12.0 Å². The predicted molar refractivity (Wildman–Crippen MR) is 72.7 cm³/mol. The van der Waals surface area contributed by atoms with E-state index in [0.29, 0.717) is 18.9 Å². The summed E-state index contributed by atoms with van der Waals surface area (Å²) in [4.78, 5) is 16.9. The topological polar surface area (TPSA) is 88.7 Å². The molecule has 7 nitrogen and oxygen atoms in total. The van der Waals surface area contributed by atoms with Crippen molar-refractivity contribution in [1.82, 2.24) is 15.0 Å². The van der Waals surface area contributed by atoms with Crippen molar-refractivity contribution in [3.8, 4) is 17.5 Å². The summed E-state index contributed by atoms with van der Waals surface area (Å²) in [5.74, 6) is -0.461. The van der Waals surface area contributed by atoms with Crippen LogP contribution in [-0.2, 0) is 11.3 Å². The lowest BCUT2D eigenvalue weighted by atomic mass is 9.99. The lowest BCUT2D eigenvalue weighted by Gasteiger charge is -2.36. The highest BCUT2D eigenvalue weighted by Gasteiger charge is 2.32. The zero-order valence-electron chi connectivity index (χ0n) is 11.5. The monoisotopic (exact) mass is 289 g/mol. The molecule has 1 saturated heterocycles. The molecule has 110 valence electrons. The van der Waals surface area contributed by atoms with Crippen LogP contribution in [0.5, 0.6) is 6.08 Å². The number of methoxy groups -OCH3 is 1. The number of rotatable bonds is 5. The fourth-order valence-corrected chi connectivity index (χ4v) is 2.28. The number of carboxylic acid groups (broad SMARTS) is 1. The first-order valence-electron chi connectivity index (χ1n) is 6.58. The van der Waals surface area contributed by atoms with Crippen molar-refractivity contribution in [3.05, 3.63) is 29.8 Å². The summed E-state index contributed by atoms with van der Waals surface area (Å²) >= 11 is 0. The molecule has 0 amide bonds. The second-order valence-corrected chi connectivity index (χ2v) is 5.01. The number of hydrogen-bond donors (Lipinski definition) is 1. The number of aromatic nitrogens is 2. The molecule has 0 saturated carbocycles. The van der Waals surface area contributed by atoms with Crippen LogP contribution in [0.3, 0.4) is 0 Å². The van der Waals surface area contributed by atoms with Crippen LogP contribution in [0.4, 0.5) is 0 Å². The highest BCUT2D eigenvalue weighted by molar-refractivity contribution is 5.71.